The lowest BCUT2D eigenvalue weighted by molar-refractivity contribution is 0.258. The van der Waals surface area contributed by atoms with E-state index in [1.54, 1.807) is 14.2 Å². The monoisotopic (exact) mass is 180 g/mol. The van der Waals surface area contributed by atoms with Crippen LogP contribution in [0.2, 0.25) is 26.2 Å². The second-order valence-corrected chi connectivity index (χ2v) is 7.55. The van der Waals surface area contributed by atoms with Gasteiger partial charge in [-0.3, -0.25) is 0 Å². The first-order chi connectivity index (χ1) is 4.54. The molecule has 0 aliphatic rings. The van der Waals surface area contributed by atoms with Crippen molar-refractivity contribution in [3.05, 3.63) is 0 Å². The minimum Gasteiger partial charge on any atom is -0.398 e. The molecule has 0 amide bonds. The van der Waals surface area contributed by atoms with Gasteiger partial charge in [0.1, 0.15) is 0 Å². The average molecular weight is 180 g/mol. The fourth-order valence-corrected chi connectivity index (χ4v) is 0.250. The normalized spacial score (nSPS) is 10.2. The molecular formula is C6H20O2Si2. The highest BCUT2D eigenvalue weighted by Crippen LogP contribution is 1.99. The summed E-state index contributed by atoms with van der Waals surface area (Å²) in [4.78, 5) is 0. The Morgan fingerprint density at radius 3 is 1.20 bits per heavy atom. The van der Waals surface area contributed by atoms with Gasteiger partial charge in [-0.2, -0.15) is 0 Å². The molecule has 64 valence electrons. The Morgan fingerprint density at radius 2 is 1.20 bits per heavy atom. The van der Waals surface area contributed by atoms with Gasteiger partial charge < -0.3 is 8.85 Å². The Balaban J connectivity index is 0. The van der Waals surface area contributed by atoms with Gasteiger partial charge >= 0.3 is 8.56 Å². The molecular weight excluding hydrogens is 160 g/mol. The summed E-state index contributed by atoms with van der Waals surface area (Å²) in [5, 5.41) is 0. The SMILES string of the molecule is CO[Si](C)(C)OC.C[SiH2]C. The lowest BCUT2D eigenvalue weighted by Gasteiger charge is -2.15. The van der Waals surface area contributed by atoms with E-state index in [0.29, 0.717) is 9.52 Å². The van der Waals surface area contributed by atoms with Crippen molar-refractivity contribution >= 4 is 18.1 Å². The highest BCUT2D eigenvalue weighted by molar-refractivity contribution is 6.64. The van der Waals surface area contributed by atoms with Crippen LogP contribution in [0.5, 0.6) is 0 Å². The Kier molecular flexibility index (Phi) is 9.68. The third-order valence-corrected chi connectivity index (χ3v) is 2.95. The van der Waals surface area contributed by atoms with Crippen molar-refractivity contribution in [3.8, 4) is 0 Å². The Bertz CT molecular complexity index is 60.8. The molecule has 0 atom stereocenters. The molecule has 0 aromatic carbocycles. The average Bonchev–Trinajstić information content (AvgIpc) is 1.90. The van der Waals surface area contributed by atoms with E-state index >= 15 is 0 Å². The van der Waals surface area contributed by atoms with E-state index in [0.717, 1.165) is 0 Å². The van der Waals surface area contributed by atoms with Crippen molar-refractivity contribution < 1.29 is 8.85 Å². The highest BCUT2D eigenvalue weighted by atomic mass is 28.4. The fourth-order valence-electron chi connectivity index (χ4n) is 0.0833. The smallest absolute Gasteiger partial charge is 0.331 e. The van der Waals surface area contributed by atoms with Crippen molar-refractivity contribution in [2.75, 3.05) is 14.2 Å². The van der Waals surface area contributed by atoms with E-state index in [1.165, 1.54) is 0 Å². The molecule has 0 radical (unpaired) electrons. The van der Waals surface area contributed by atoms with Gasteiger partial charge in [-0.25, -0.2) is 0 Å². The van der Waals surface area contributed by atoms with Gasteiger partial charge in [0.2, 0.25) is 0 Å². The Hall–Kier alpha value is 0.354. The first-order valence-corrected chi connectivity index (χ1v) is 9.28. The zero-order valence-electron chi connectivity index (χ0n) is 8.02. The van der Waals surface area contributed by atoms with E-state index in [-0.39, 0.29) is 0 Å². The summed E-state index contributed by atoms with van der Waals surface area (Å²) < 4.78 is 10.0. The van der Waals surface area contributed by atoms with Crippen LogP contribution in [0.4, 0.5) is 0 Å². The summed E-state index contributed by atoms with van der Waals surface area (Å²) in [6.07, 6.45) is 0. The lowest BCUT2D eigenvalue weighted by Crippen LogP contribution is -2.31. The standard InChI is InChI=1S/C4H12O2Si.C2H8Si/c1-5-7(3,4)6-2;1-3-2/h1-4H3;3H2,1-2H3. The summed E-state index contributed by atoms with van der Waals surface area (Å²) in [7, 11) is 2.12. The van der Waals surface area contributed by atoms with E-state index in [9.17, 15) is 0 Å². The topological polar surface area (TPSA) is 18.5 Å². The molecule has 0 rings (SSSR count). The quantitative estimate of drug-likeness (QED) is 0.595. The largest absolute Gasteiger partial charge is 0.398 e. The molecule has 10 heavy (non-hydrogen) atoms. The van der Waals surface area contributed by atoms with E-state index in [2.05, 4.69) is 13.1 Å². The van der Waals surface area contributed by atoms with Gasteiger partial charge in [0.05, 0.1) is 0 Å². The zero-order chi connectivity index (χ0) is 8.62. The maximum Gasteiger partial charge on any atom is 0.331 e. The van der Waals surface area contributed by atoms with Gasteiger partial charge in [0.25, 0.3) is 0 Å². The summed E-state index contributed by atoms with van der Waals surface area (Å²) in [5.74, 6) is 0. The third-order valence-electron chi connectivity index (χ3n) is 0.983. The van der Waals surface area contributed by atoms with Gasteiger partial charge in [0.15, 0.2) is 0 Å². The van der Waals surface area contributed by atoms with Crippen molar-refractivity contribution in [2.24, 2.45) is 0 Å². The van der Waals surface area contributed by atoms with Crippen LogP contribution in [-0.2, 0) is 8.85 Å². The predicted molar refractivity (Wildman–Crippen MR) is 51.8 cm³/mol. The van der Waals surface area contributed by atoms with Crippen molar-refractivity contribution in [2.45, 2.75) is 26.2 Å². The summed E-state index contributed by atoms with van der Waals surface area (Å²) in [6.45, 7) is 8.51. The highest BCUT2D eigenvalue weighted by Gasteiger charge is 2.19. The number of hydrogen-bond acceptors (Lipinski definition) is 2. The van der Waals surface area contributed by atoms with Gasteiger partial charge in [-0.05, 0) is 13.1 Å². The minimum absolute atomic E-state index is 0.417. The number of hydrogen-bond donors (Lipinski definition) is 0. The van der Waals surface area contributed by atoms with Crippen LogP contribution in [0, 0.1) is 0 Å². The van der Waals surface area contributed by atoms with E-state index < -0.39 is 8.56 Å². The van der Waals surface area contributed by atoms with Crippen LogP contribution in [0.25, 0.3) is 0 Å². The van der Waals surface area contributed by atoms with Crippen LogP contribution in [0.1, 0.15) is 0 Å². The van der Waals surface area contributed by atoms with Crippen molar-refractivity contribution in [1.82, 2.24) is 0 Å². The van der Waals surface area contributed by atoms with Crippen LogP contribution < -0.4 is 0 Å². The number of rotatable bonds is 2. The van der Waals surface area contributed by atoms with Crippen LogP contribution in [-0.4, -0.2) is 32.3 Å². The van der Waals surface area contributed by atoms with Gasteiger partial charge in [-0.1, -0.05) is 13.1 Å². The molecule has 0 unspecified atom stereocenters. The predicted octanol–water partition coefficient (Wildman–Crippen LogP) is 1.23. The molecule has 0 saturated carbocycles. The minimum atomic E-state index is -1.65. The van der Waals surface area contributed by atoms with Crippen LogP contribution >= 0.6 is 0 Å². The molecule has 0 bridgehead atoms. The first kappa shape index (κ1) is 13.0. The molecule has 0 heterocycles. The molecule has 2 nitrogen and oxygen atoms in total. The zero-order valence-corrected chi connectivity index (χ0v) is 10.4. The van der Waals surface area contributed by atoms with E-state index in [1.807, 2.05) is 13.1 Å². The van der Waals surface area contributed by atoms with E-state index in [4.69, 9.17) is 8.85 Å². The molecule has 0 aliphatic heterocycles. The second-order valence-electron chi connectivity index (χ2n) is 2.52. The Morgan fingerprint density at radius 1 is 1.00 bits per heavy atom. The second kappa shape index (κ2) is 7.46. The molecule has 0 aliphatic carbocycles. The lowest BCUT2D eigenvalue weighted by atomic mass is 11.8. The van der Waals surface area contributed by atoms with Crippen molar-refractivity contribution in [3.63, 3.8) is 0 Å². The fraction of sp³-hybridized carbons (Fsp3) is 1.00. The molecule has 0 N–H and O–H groups in total. The molecule has 0 spiro atoms. The molecule has 0 aromatic rings. The molecule has 4 heteroatoms. The molecule has 0 saturated heterocycles. The van der Waals surface area contributed by atoms with Crippen LogP contribution in [0.3, 0.4) is 0 Å². The first-order valence-electron chi connectivity index (χ1n) is 3.64. The van der Waals surface area contributed by atoms with Gasteiger partial charge in [-0.15, -0.1) is 0 Å². The summed E-state index contributed by atoms with van der Waals surface area (Å²) in [5.41, 5.74) is 0. The van der Waals surface area contributed by atoms with Crippen molar-refractivity contribution in [1.29, 1.82) is 0 Å². The maximum atomic E-state index is 5.00. The maximum absolute atomic E-state index is 5.00. The van der Waals surface area contributed by atoms with Crippen LogP contribution in [0.15, 0.2) is 0 Å². The summed E-state index contributed by atoms with van der Waals surface area (Å²) in [6, 6.07) is 0. The third kappa shape index (κ3) is 11.2. The molecule has 0 fully saturated rings. The molecule has 0 aromatic heterocycles. The Labute approximate surface area is 68.0 Å². The summed E-state index contributed by atoms with van der Waals surface area (Å²) >= 11 is 0. The van der Waals surface area contributed by atoms with Gasteiger partial charge in [0, 0.05) is 23.7 Å².